The van der Waals surface area contributed by atoms with E-state index in [0.29, 0.717) is 25.9 Å². The van der Waals surface area contributed by atoms with Crippen LogP contribution in [0.25, 0.3) is 0 Å². The number of hydrogen-bond donors (Lipinski definition) is 3. The van der Waals surface area contributed by atoms with Gasteiger partial charge < -0.3 is 16.0 Å². The van der Waals surface area contributed by atoms with Crippen LogP contribution >= 0.6 is 0 Å². The van der Waals surface area contributed by atoms with Gasteiger partial charge in [0.15, 0.2) is 0 Å². The summed E-state index contributed by atoms with van der Waals surface area (Å²) < 4.78 is 0. The fraction of sp³-hybridized carbons (Fsp3) is 0.824. The first-order chi connectivity index (χ1) is 11.4. The van der Waals surface area contributed by atoms with Crippen molar-refractivity contribution in [2.75, 3.05) is 13.1 Å². The van der Waals surface area contributed by atoms with Gasteiger partial charge in [0.05, 0.1) is 6.04 Å². The largest absolute Gasteiger partial charge is 0.354 e. The summed E-state index contributed by atoms with van der Waals surface area (Å²) in [5.74, 6) is 0.414. The van der Waals surface area contributed by atoms with Crippen LogP contribution in [0.4, 0.5) is 0 Å². The van der Waals surface area contributed by atoms with Crippen molar-refractivity contribution in [3.63, 3.8) is 0 Å². The van der Waals surface area contributed by atoms with E-state index in [1.54, 1.807) is 0 Å². The Morgan fingerprint density at radius 2 is 2.08 bits per heavy atom. The minimum Gasteiger partial charge on any atom is -0.354 e. The number of amides is 3. The monoisotopic (exact) mass is 336 g/mol. The van der Waals surface area contributed by atoms with Crippen LogP contribution in [0.1, 0.15) is 46.0 Å². The van der Waals surface area contributed by atoms with Gasteiger partial charge in [0, 0.05) is 43.6 Å². The summed E-state index contributed by atoms with van der Waals surface area (Å²) in [5, 5.41) is 8.94. The molecule has 1 saturated carbocycles. The highest BCUT2D eigenvalue weighted by Crippen LogP contribution is 2.30. The maximum atomic E-state index is 12.1. The topological polar surface area (TPSA) is 90.5 Å². The molecule has 7 nitrogen and oxygen atoms in total. The Hall–Kier alpha value is -1.63. The summed E-state index contributed by atoms with van der Waals surface area (Å²) >= 11 is 0. The maximum Gasteiger partial charge on any atom is 0.237 e. The lowest BCUT2D eigenvalue weighted by atomic mass is 10.0. The zero-order valence-corrected chi connectivity index (χ0v) is 14.5. The molecular formula is C17H28N4O3. The van der Waals surface area contributed by atoms with E-state index in [0.717, 1.165) is 19.3 Å². The Morgan fingerprint density at radius 3 is 2.75 bits per heavy atom. The Bertz CT molecular complexity index is 518. The van der Waals surface area contributed by atoms with Crippen molar-refractivity contribution in [2.45, 2.75) is 70.1 Å². The summed E-state index contributed by atoms with van der Waals surface area (Å²) in [4.78, 5) is 38.2. The molecule has 0 spiro atoms. The van der Waals surface area contributed by atoms with Crippen molar-refractivity contribution in [2.24, 2.45) is 5.92 Å². The summed E-state index contributed by atoms with van der Waals surface area (Å²) in [6.07, 6.45) is 3.82. The van der Waals surface area contributed by atoms with Crippen LogP contribution in [0.3, 0.4) is 0 Å². The second kappa shape index (κ2) is 7.09. The average Bonchev–Trinajstić information content (AvgIpc) is 3.27. The number of hydrogen-bond acceptors (Lipinski definition) is 4. The van der Waals surface area contributed by atoms with Crippen LogP contribution < -0.4 is 16.0 Å². The van der Waals surface area contributed by atoms with Crippen LogP contribution in [-0.4, -0.2) is 59.9 Å². The van der Waals surface area contributed by atoms with E-state index >= 15 is 0 Å². The average molecular weight is 336 g/mol. The molecule has 2 aliphatic heterocycles. The predicted octanol–water partition coefficient (Wildman–Crippen LogP) is -0.241. The second-order valence-corrected chi connectivity index (χ2v) is 7.59. The molecule has 2 heterocycles. The molecule has 1 aliphatic carbocycles. The number of nitrogens with zero attached hydrogens (tertiary/aromatic N) is 1. The fourth-order valence-corrected chi connectivity index (χ4v) is 3.70. The van der Waals surface area contributed by atoms with E-state index < -0.39 is 0 Å². The summed E-state index contributed by atoms with van der Waals surface area (Å²) in [5.41, 5.74) is 0. The van der Waals surface area contributed by atoms with E-state index in [9.17, 15) is 14.4 Å². The van der Waals surface area contributed by atoms with Gasteiger partial charge >= 0.3 is 0 Å². The first-order valence-electron chi connectivity index (χ1n) is 9.07. The van der Waals surface area contributed by atoms with E-state index in [1.165, 1.54) is 0 Å². The van der Waals surface area contributed by atoms with E-state index in [1.807, 2.05) is 13.8 Å². The molecule has 3 atom stereocenters. The Labute approximate surface area is 142 Å². The smallest absolute Gasteiger partial charge is 0.237 e. The SMILES string of the molecule is CC(C)NC(=O)CC[C@@H]1CNC(=O)[C@@H]2C[C@H](NC(=O)C3CC3)CN12. The van der Waals surface area contributed by atoms with Gasteiger partial charge in [0.2, 0.25) is 17.7 Å². The van der Waals surface area contributed by atoms with E-state index in [4.69, 9.17) is 0 Å². The van der Waals surface area contributed by atoms with Gasteiger partial charge in [-0.25, -0.2) is 0 Å². The number of carbonyl (C=O) groups excluding carboxylic acids is 3. The van der Waals surface area contributed by atoms with Gasteiger partial charge in [-0.1, -0.05) is 0 Å². The molecule has 2 saturated heterocycles. The van der Waals surface area contributed by atoms with Crippen molar-refractivity contribution in [3.8, 4) is 0 Å². The van der Waals surface area contributed by atoms with Gasteiger partial charge in [0.1, 0.15) is 0 Å². The third kappa shape index (κ3) is 4.06. The second-order valence-electron chi connectivity index (χ2n) is 7.59. The zero-order chi connectivity index (χ0) is 17.3. The molecule has 134 valence electrons. The van der Waals surface area contributed by atoms with Gasteiger partial charge in [-0.05, 0) is 39.5 Å². The van der Waals surface area contributed by atoms with Crippen LogP contribution in [0.15, 0.2) is 0 Å². The Kier molecular flexibility index (Phi) is 5.08. The molecule has 3 N–H and O–H groups in total. The minimum absolute atomic E-state index is 0.0407. The van der Waals surface area contributed by atoms with Crippen molar-refractivity contribution < 1.29 is 14.4 Å². The van der Waals surface area contributed by atoms with E-state index in [2.05, 4.69) is 20.9 Å². The number of fused-ring (bicyclic) bond motifs is 1. The molecule has 0 aromatic rings. The molecule has 7 heteroatoms. The fourth-order valence-electron chi connectivity index (χ4n) is 3.70. The molecular weight excluding hydrogens is 308 g/mol. The molecule has 0 bridgehead atoms. The van der Waals surface area contributed by atoms with Crippen molar-refractivity contribution in [3.05, 3.63) is 0 Å². The molecule has 0 aromatic heterocycles. The molecule has 0 aromatic carbocycles. The summed E-state index contributed by atoms with van der Waals surface area (Å²) in [7, 11) is 0. The maximum absolute atomic E-state index is 12.1. The van der Waals surface area contributed by atoms with Crippen LogP contribution in [0.5, 0.6) is 0 Å². The number of carbonyl (C=O) groups is 3. The first kappa shape index (κ1) is 17.2. The molecule has 0 unspecified atom stereocenters. The molecule has 3 amide bonds. The summed E-state index contributed by atoms with van der Waals surface area (Å²) in [6, 6.07) is 0.166. The highest BCUT2D eigenvalue weighted by atomic mass is 16.2. The molecule has 3 rings (SSSR count). The highest BCUT2D eigenvalue weighted by Gasteiger charge is 2.44. The standard InChI is InChI=1S/C17H28N4O3/c1-10(2)19-15(22)6-5-13-8-18-17(24)14-7-12(9-21(13)14)20-16(23)11-3-4-11/h10-14H,3-9H2,1-2H3,(H,18,24)(H,19,22)(H,20,23)/t12-,13+,14-/m0/s1. The quantitative estimate of drug-likeness (QED) is 0.624. The predicted molar refractivity (Wildman–Crippen MR) is 89.1 cm³/mol. The molecule has 24 heavy (non-hydrogen) atoms. The molecule has 0 radical (unpaired) electrons. The van der Waals surface area contributed by atoms with Crippen LogP contribution in [0, 0.1) is 5.92 Å². The first-order valence-corrected chi connectivity index (χ1v) is 9.07. The van der Waals surface area contributed by atoms with Crippen molar-refractivity contribution >= 4 is 17.7 Å². The number of rotatable bonds is 6. The van der Waals surface area contributed by atoms with Gasteiger partial charge in [-0.3, -0.25) is 19.3 Å². The van der Waals surface area contributed by atoms with Crippen LogP contribution in [-0.2, 0) is 14.4 Å². The Balaban J connectivity index is 1.53. The third-order valence-electron chi connectivity index (χ3n) is 5.07. The summed E-state index contributed by atoms with van der Waals surface area (Å²) in [6.45, 7) is 5.17. The molecule has 3 fully saturated rings. The van der Waals surface area contributed by atoms with Gasteiger partial charge in [0.25, 0.3) is 0 Å². The minimum atomic E-state index is -0.179. The highest BCUT2D eigenvalue weighted by molar-refractivity contribution is 5.84. The lowest BCUT2D eigenvalue weighted by Gasteiger charge is -2.37. The zero-order valence-electron chi connectivity index (χ0n) is 14.5. The van der Waals surface area contributed by atoms with Gasteiger partial charge in [-0.15, -0.1) is 0 Å². The number of nitrogens with one attached hydrogen (secondary N) is 3. The normalized spacial score (nSPS) is 30.0. The van der Waals surface area contributed by atoms with Crippen molar-refractivity contribution in [1.29, 1.82) is 0 Å². The molecule has 3 aliphatic rings. The number of piperazine rings is 1. The Morgan fingerprint density at radius 1 is 1.33 bits per heavy atom. The lowest BCUT2D eigenvalue weighted by Crippen LogP contribution is -2.58. The third-order valence-corrected chi connectivity index (χ3v) is 5.07. The lowest BCUT2D eigenvalue weighted by molar-refractivity contribution is -0.129. The van der Waals surface area contributed by atoms with E-state index in [-0.39, 0.29) is 47.8 Å². The van der Waals surface area contributed by atoms with Gasteiger partial charge in [-0.2, -0.15) is 0 Å². The van der Waals surface area contributed by atoms with Crippen molar-refractivity contribution in [1.82, 2.24) is 20.9 Å². The van der Waals surface area contributed by atoms with Crippen LogP contribution in [0.2, 0.25) is 0 Å².